The van der Waals surface area contributed by atoms with E-state index in [4.69, 9.17) is 24.4 Å². The normalized spacial score (nSPS) is 16.6. The summed E-state index contributed by atoms with van der Waals surface area (Å²) in [5.41, 5.74) is 9.70. The summed E-state index contributed by atoms with van der Waals surface area (Å²) < 4.78 is 11.8. The first-order valence-electron chi connectivity index (χ1n) is 17.5. The topological polar surface area (TPSA) is 114 Å². The van der Waals surface area contributed by atoms with Gasteiger partial charge < -0.3 is 24.4 Å². The Morgan fingerprint density at radius 1 is 0.940 bits per heavy atom. The van der Waals surface area contributed by atoms with Gasteiger partial charge in [-0.15, -0.1) is 0 Å². The number of carboxylic acid groups (broad SMARTS) is 1. The van der Waals surface area contributed by atoms with E-state index in [1.807, 2.05) is 59.7 Å². The average Bonchev–Trinajstić information content (AvgIpc) is 3.06. The molecule has 1 aromatic carbocycles. The molecule has 10 nitrogen and oxygen atoms in total. The number of benzene rings is 1. The molecule has 1 fully saturated rings. The monoisotopic (exact) mass is 678 g/mol. The summed E-state index contributed by atoms with van der Waals surface area (Å²) in [6.45, 7) is 19.3. The molecule has 2 aliphatic rings. The van der Waals surface area contributed by atoms with Crippen LogP contribution in [0.3, 0.4) is 0 Å². The maximum absolute atomic E-state index is 12.9. The molecule has 1 N–H and O–H groups in total. The molecule has 2 aliphatic heterocycles. The van der Waals surface area contributed by atoms with E-state index in [-0.39, 0.29) is 5.41 Å². The van der Waals surface area contributed by atoms with Crippen LogP contribution in [0.15, 0.2) is 42.6 Å². The summed E-state index contributed by atoms with van der Waals surface area (Å²) in [5, 5.41) is 10.6. The second-order valence-electron chi connectivity index (χ2n) is 15.4. The van der Waals surface area contributed by atoms with Gasteiger partial charge in [-0.25, -0.2) is 19.7 Å². The van der Waals surface area contributed by atoms with Crippen molar-refractivity contribution >= 4 is 17.6 Å². The second-order valence-corrected chi connectivity index (χ2v) is 15.4. The Balaban J connectivity index is 1.40. The molecule has 3 aromatic heterocycles. The molecule has 1 saturated heterocycles. The van der Waals surface area contributed by atoms with Gasteiger partial charge in [0.25, 0.3) is 0 Å². The zero-order valence-corrected chi connectivity index (χ0v) is 30.9. The number of hydrogen-bond donors (Lipinski definition) is 1. The van der Waals surface area contributed by atoms with Crippen LogP contribution in [0.4, 0.5) is 11.6 Å². The number of fused-ring (bicyclic) bond motifs is 1. The highest BCUT2D eigenvalue weighted by Gasteiger charge is 2.37. The van der Waals surface area contributed by atoms with Gasteiger partial charge in [0, 0.05) is 60.6 Å². The molecular weight excluding hydrogens is 628 g/mol. The number of rotatable bonds is 8. The quantitative estimate of drug-likeness (QED) is 0.199. The molecule has 0 saturated carbocycles. The van der Waals surface area contributed by atoms with Crippen LogP contribution in [0, 0.1) is 26.2 Å². The maximum Gasteiger partial charge on any atom is 0.337 e. The van der Waals surface area contributed by atoms with Crippen LogP contribution in [0.2, 0.25) is 0 Å². The fraction of sp³-hybridized carbons (Fsp3) is 0.475. The van der Waals surface area contributed by atoms with Crippen molar-refractivity contribution in [2.75, 3.05) is 36.5 Å². The first-order chi connectivity index (χ1) is 23.6. The molecule has 1 atom stereocenters. The Hall–Kier alpha value is -4.57. The molecular formula is C40H50N6O4. The lowest BCUT2D eigenvalue weighted by atomic mass is 9.81. The largest absolute Gasteiger partial charge is 0.481 e. The van der Waals surface area contributed by atoms with Gasteiger partial charge in [-0.1, -0.05) is 32.0 Å². The molecule has 5 heterocycles. The molecule has 0 aliphatic carbocycles. The number of carboxylic acids is 1. The average molecular weight is 679 g/mol. The lowest BCUT2D eigenvalue weighted by Gasteiger charge is -2.41. The van der Waals surface area contributed by atoms with E-state index >= 15 is 0 Å². The first kappa shape index (κ1) is 35.3. The number of methoxy groups -OCH3 is 1. The Morgan fingerprint density at radius 2 is 1.68 bits per heavy atom. The third-order valence-electron chi connectivity index (χ3n) is 9.84. The van der Waals surface area contributed by atoms with Gasteiger partial charge in [0.1, 0.15) is 0 Å². The van der Waals surface area contributed by atoms with Gasteiger partial charge in [0.05, 0.1) is 29.7 Å². The molecule has 0 bridgehead atoms. The number of nitrogens with zero attached hydrogens (tertiary/aromatic N) is 6. The number of piperidine rings is 1. The molecule has 0 spiro atoms. The molecule has 10 heteroatoms. The lowest BCUT2D eigenvalue weighted by Crippen LogP contribution is -2.39. The van der Waals surface area contributed by atoms with E-state index < -0.39 is 17.7 Å². The first-order valence-corrected chi connectivity index (χ1v) is 17.5. The van der Waals surface area contributed by atoms with E-state index in [0.717, 1.165) is 78.4 Å². The van der Waals surface area contributed by atoms with E-state index in [9.17, 15) is 9.90 Å². The van der Waals surface area contributed by atoms with E-state index in [1.165, 1.54) is 11.1 Å². The van der Waals surface area contributed by atoms with Gasteiger partial charge in [-0.3, -0.25) is 4.98 Å². The Kier molecular flexibility index (Phi) is 9.61. The number of aromatic nitrogens is 4. The number of carbonyl (C=O) groups is 1. The zero-order valence-electron chi connectivity index (χ0n) is 30.9. The summed E-state index contributed by atoms with van der Waals surface area (Å²) >= 11 is 0. The van der Waals surface area contributed by atoms with Crippen LogP contribution in [0.1, 0.15) is 87.3 Å². The minimum atomic E-state index is -1.15. The predicted molar refractivity (Wildman–Crippen MR) is 197 cm³/mol. The van der Waals surface area contributed by atoms with Crippen molar-refractivity contribution in [3.63, 3.8) is 0 Å². The van der Waals surface area contributed by atoms with Crippen molar-refractivity contribution in [3.8, 4) is 28.3 Å². The van der Waals surface area contributed by atoms with E-state index in [0.29, 0.717) is 29.6 Å². The third kappa shape index (κ3) is 7.31. The summed E-state index contributed by atoms with van der Waals surface area (Å²) in [6, 6.07) is 12.4. The van der Waals surface area contributed by atoms with Crippen molar-refractivity contribution < 1.29 is 19.4 Å². The van der Waals surface area contributed by atoms with Crippen molar-refractivity contribution in [2.24, 2.45) is 5.41 Å². The number of aryl methyl sites for hydroxylation is 3. The number of pyridine rings is 2. The van der Waals surface area contributed by atoms with Crippen LogP contribution in [-0.4, -0.2) is 63.4 Å². The highest BCUT2D eigenvalue weighted by Crippen LogP contribution is 2.45. The minimum Gasteiger partial charge on any atom is -0.481 e. The van der Waals surface area contributed by atoms with Crippen molar-refractivity contribution in [3.05, 3.63) is 76.4 Å². The molecule has 0 radical (unpaired) electrons. The van der Waals surface area contributed by atoms with Gasteiger partial charge in [0.2, 0.25) is 11.8 Å². The predicted octanol–water partition coefficient (Wildman–Crippen LogP) is 7.66. The summed E-state index contributed by atoms with van der Waals surface area (Å²) in [5.74, 6) is 0.203. The SMILES string of the molecule is COc1ncccc1-c1cc(C)nc(N2CCc3cc(-c4c(C)nc(C)c(C(OC(C)(C)C)C(=O)O)c4N4CCC(C)(C)CC4)ccc3C2)n1. The highest BCUT2D eigenvalue weighted by molar-refractivity contribution is 5.88. The Bertz CT molecular complexity index is 1910. The summed E-state index contributed by atoms with van der Waals surface area (Å²) in [6.07, 6.45) is 3.41. The van der Waals surface area contributed by atoms with Crippen molar-refractivity contribution in [1.29, 1.82) is 0 Å². The molecule has 4 aromatic rings. The molecule has 50 heavy (non-hydrogen) atoms. The van der Waals surface area contributed by atoms with Gasteiger partial charge >= 0.3 is 5.97 Å². The van der Waals surface area contributed by atoms with Gasteiger partial charge in [0.15, 0.2) is 6.10 Å². The van der Waals surface area contributed by atoms with E-state index in [2.05, 4.69) is 46.8 Å². The van der Waals surface area contributed by atoms with Gasteiger partial charge in [-0.2, -0.15) is 0 Å². The third-order valence-corrected chi connectivity index (χ3v) is 9.84. The number of hydrogen-bond acceptors (Lipinski definition) is 9. The van der Waals surface area contributed by atoms with Gasteiger partial charge in [-0.05, 0) is 101 Å². The molecule has 6 rings (SSSR count). The van der Waals surface area contributed by atoms with Crippen LogP contribution >= 0.6 is 0 Å². The summed E-state index contributed by atoms with van der Waals surface area (Å²) in [7, 11) is 1.62. The number of ether oxygens (including phenoxy) is 2. The minimum absolute atomic E-state index is 0.228. The second kappa shape index (κ2) is 13.6. The smallest absolute Gasteiger partial charge is 0.337 e. The highest BCUT2D eigenvalue weighted by atomic mass is 16.5. The van der Waals surface area contributed by atoms with Crippen molar-refractivity contribution in [1.82, 2.24) is 19.9 Å². The lowest BCUT2D eigenvalue weighted by molar-refractivity contribution is -0.160. The number of anilines is 2. The molecule has 264 valence electrons. The Morgan fingerprint density at radius 3 is 2.36 bits per heavy atom. The van der Waals surface area contributed by atoms with Crippen LogP contribution in [0.25, 0.3) is 22.4 Å². The number of aliphatic carboxylic acids is 1. The van der Waals surface area contributed by atoms with Crippen LogP contribution in [0.5, 0.6) is 5.88 Å². The van der Waals surface area contributed by atoms with Crippen LogP contribution in [-0.2, 0) is 22.5 Å². The van der Waals surface area contributed by atoms with Crippen molar-refractivity contribution in [2.45, 2.75) is 92.9 Å². The molecule has 1 unspecified atom stereocenters. The fourth-order valence-corrected chi connectivity index (χ4v) is 7.21. The maximum atomic E-state index is 12.9. The molecule has 0 amide bonds. The standard InChI is InChI=1S/C40H50N6O4/c1-24-21-31(30-11-10-17-41-36(30)49-9)44-38(42-24)46-18-14-27-22-28(12-13-29(27)23-46)32-25(2)43-26(3)33(35(37(47)48)50-39(4,5)6)34(32)45-19-15-40(7,8)16-20-45/h10-13,17,21-22,35H,14-16,18-20,23H2,1-9H3,(H,47,48). The zero-order chi connectivity index (χ0) is 36.0. The van der Waals surface area contributed by atoms with E-state index in [1.54, 1.807) is 13.3 Å². The Labute approximate surface area is 295 Å². The van der Waals surface area contributed by atoms with Crippen LogP contribution < -0.4 is 14.5 Å². The fourth-order valence-electron chi connectivity index (χ4n) is 7.21. The summed E-state index contributed by atoms with van der Waals surface area (Å²) in [4.78, 5) is 36.6.